The van der Waals surface area contributed by atoms with Gasteiger partial charge in [0.2, 0.25) is 10.0 Å². The SMILES string of the molecule is CCCNCC(C)S(=O)(=O)Nc1ccc(F)cc1F. The van der Waals surface area contributed by atoms with Crippen LogP contribution in [0.15, 0.2) is 18.2 Å². The highest BCUT2D eigenvalue weighted by Crippen LogP contribution is 2.17. The highest BCUT2D eigenvalue weighted by Gasteiger charge is 2.21. The summed E-state index contributed by atoms with van der Waals surface area (Å²) in [5.41, 5.74) is -0.247. The first-order valence-electron chi connectivity index (χ1n) is 6.04. The second-order valence-electron chi connectivity index (χ2n) is 4.29. The molecule has 0 bridgehead atoms. The van der Waals surface area contributed by atoms with Crippen LogP contribution in [0.25, 0.3) is 0 Å². The van der Waals surface area contributed by atoms with Crippen molar-refractivity contribution in [1.29, 1.82) is 0 Å². The van der Waals surface area contributed by atoms with Crippen molar-refractivity contribution in [2.75, 3.05) is 17.8 Å². The Morgan fingerprint density at radius 2 is 2.00 bits per heavy atom. The molecule has 0 aliphatic rings. The fraction of sp³-hybridized carbons (Fsp3) is 0.500. The van der Waals surface area contributed by atoms with Crippen molar-refractivity contribution >= 4 is 15.7 Å². The summed E-state index contributed by atoms with van der Waals surface area (Å²) in [6, 6.07) is 2.70. The predicted molar refractivity (Wildman–Crippen MR) is 71.5 cm³/mol. The minimum absolute atomic E-state index is 0.247. The second kappa shape index (κ2) is 6.81. The molecule has 1 unspecified atom stereocenters. The van der Waals surface area contributed by atoms with Crippen molar-refractivity contribution in [2.24, 2.45) is 0 Å². The van der Waals surface area contributed by atoms with Crippen LogP contribution in [0.5, 0.6) is 0 Å². The van der Waals surface area contributed by atoms with Gasteiger partial charge in [-0.05, 0) is 32.0 Å². The Hall–Kier alpha value is -1.21. The number of anilines is 1. The number of halogens is 2. The molecular weight excluding hydrogens is 274 g/mol. The fourth-order valence-corrected chi connectivity index (χ4v) is 2.43. The van der Waals surface area contributed by atoms with Crippen molar-refractivity contribution < 1.29 is 17.2 Å². The summed E-state index contributed by atoms with van der Waals surface area (Å²) in [4.78, 5) is 0. The van der Waals surface area contributed by atoms with Gasteiger partial charge in [-0.15, -0.1) is 0 Å². The molecule has 1 aromatic carbocycles. The van der Waals surface area contributed by atoms with Gasteiger partial charge in [0.25, 0.3) is 0 Å². The highest BCUT2D eigenvalue weighted by molar-refractivity contribution is 7.93. The lowest BCUT2D eigenvalue weighted by molar-refractivity contribution is 0.571. The van der Waals surface area contributed by atoms with Gasteiger partial charge >= 0.3 is 0 Å². The summed E-state index contributed by atoms with van der Waals surface area (Å²) in [5.74, 6) is -1.68. The van der Waals surface area contributed by atoms with E-state index in [4.69, 9.17) is 0 Å². The summed E-state index contributed by atoms with van der Waals surface area (Å²) in [6.07, 6.45) is 0.896. The van der Waals surface area contributed by atoms with Gasteiger partial charge in [0, 0.05) is 12.6 Å². The molecule has 2 N–H and O–H groups in total. The molecule has 0 aromatic heterocycles. The van der Waals surface area contributed by atoms with Gasteiger partial charge in [-0.3, -0.25) is 4.72 Å². The third-order valence-corrected chi connectivity index (χ3v) is 4.30. The van der Waals surface area contributed by atoms with Gasteiger partial charge < -0.3 is 5.32 Å². The third-order valence-electron chi connectivity index (χ3n) is 2.57. The maximum atomic E-state index is 13.4. The van der Waals surface area contributed by atoms with E-state index in [0.717, 1.165) is 18.6 Å². The van der Waals surface area contributed by atoms with E-state index in [1.165, 1.54) is 6.92 Å². The fourth-order valence-electron chi connectivity index (χ4n) is 1.42. The molecule has 7 heteroatoms. The van der Waals surface area contributed by atoms with Crippen molar-refractivity contribution in [3.05, 3.63) is 29.8 Å². The zero-order valence-electron chi connectivity index (χ0n) is 10.9. The summed E-state index contributed by atoms with van der Waals surface area (Å²) in [6.45, 7) is 4.47. The first kappa shape index (κ1) is 15.8. The van der Waals surface area contributed by atoms with Crippen LogP contribution in [0.3, 0.4) is 0 Å². The van der Waals surface area contributed by atoms with Crippen LogP contribution in [0.2, 0.25) is 0 Å². The Balaban J connectivity index is 2.73. The van der Waals surface area contributed by atoms with Gasteiger partial charge in [0.1, 0.15) is 11.6 Å². The van der Waals surface area contributed by atoms with Crippen LogP contribution in [-0.4, -0.2) is 26.8 Å². The predicted octanol–water partition coefficient (Wildman–Crippen LogP) is 2.09. The monoisotopic (exact) mass is 292 g/mol. The number of nitrogens with one attached hydrogen (secondary N) is 2. The zero-order valence-corrected chi connectivity index (χ0v) is 11.7. The average molecular weight is 292 g/mol. The van der Waals surface area contributed by atoms with Crippen LogP contribution >= 0.6 is 0 Å². The lowest BCUT2D eigenvalue weighted by Gasteiger charge is -2.15. The quantitative estimate of drug-likeness (QED) is 0.757. The minimum Gasteiger partial charge on any atom is -0.315 e. The van der Waals surface area contributed by atoms with Crippen LogP contribution < -0.4 is 10.0 Å². The number of hydrogen-bond donors (Lipinski definition) is 2. The maximum Gasteiger partial charge on any atom is 0.236 e. The highest BCUT2D eigenvalue weighted by atomic mass is 32.2. The Kier molecular flexibility index (Phi) is 5.68. The number of benzene rings is 1. The van der Waals surface area contributed by atoms with Crippen molar-refractivity contribution in [3.63, 3.8) is 0 Å². The molecule has 0 fully saturated rings. The van der Waals surface area contributed by atoms with E-state index in [1.54, 1.807) is 0 Å². The number of sulfonamides is 1. The summed E-state index contributed by atoms with van der Waals surface area (Å²) < 4.78 is 52.1. The molecule has 1 atom stereocenters. The van der Waals surface area contributed by atoms with E-state index in [9.17, 15) is 17.2 Å². The molecule has 0 spiro atoms. The summed E-state index contributed by atoms with van der Waals surface area (Å²) in [7, 11) is -3.70. The summed E-state index contributed by atoms with van der Waals surface area (Å²) >= 11 is 0. The van der Waals surface area contributed by atoms with Crippen LogP contribution in [0.4, 0.5) is 14.5 Å². The molecule has 0 aliphatic carbocycles. The van der Waals surface area contributed by atoms with Gasteiger partial charge in [-0.2, -0.15) is 0 Å². The molecule has 0 saturated carbocycles. The zero-order chi connectivity index (χ0) is 14.5. The largest absolute Gasteiger partial charge is 0.315 e. The Morgan fingerprint density at radius 3 is 2.58 bits per heavy atom. The molecule has 1 aromatic rings. The maximum absolute atomic E-state index is 13.4. The van der Waals surface area contributed by atoms with E-state index in [0.29, 0.717) is 12.6 Å². The molecule has 0 amide bonds. The van der Waals surface area contributed by atoms with E-state index in [1.807, 2.05) is 6.92 Å². The Labute approximate surface area is 112 Å². The molecule has 4 nitrogen and oxygen atoms in total. The minimum atomic E-state index is -3.70. The molecular formula is C12H18F2N2O2S. The van der Waals surface area contributed by atoms with E-state index >= 15 is 0 Å². The van der Waals surface area contributed by atoms with Gasteiger partial charge in [0.15, 0.2) is 0 Å². The Morgan fingerprint density at radius 1 is 1.32 bits per heavy atom. The first-order valence-corrected chi connectivity index (χ1v) is 7.59. The molecule has 0 saturated heterocycles. The van der Waals surface area contributed by atoms with E-state index < -0.39 is 26.9 Å². The normalized spacial score (nSPS) is 13.3. The van der Waals surface area contributed by atoms with E-state index in [-0.39, 0.29) is 12.2 Å². The first-order chi connectivity index (χ1) is 8.86. The van der Waals surface area contributed by atoms with Crippen LogP contribution in [0, 0.1) is 11.6 Å². The average Bonchev–Trinajstić information content (AvgIpc) is 2.33. The molecule has 19 heavy (non-hydrogen) atoms. The number of rotatable bonds is 7. The standard InChI is InChI=1S/C12H18F2N2O2S/c1-3-6-15-8-9(2)19(17,18)16-12-5-4-10(13)7-11(12)14/h4-5,7,9,15-16H,3,6,8H2,1-2H3. The molecule has 0 aliphatic heterocycles. The molecule has 108 valence electrons. The van der Waals surface area contributed by atoms with Crippen molar-refractivity contribution in [2.45, 2.75) is 25.5 Å². The third kappa shape index (κ3) is 4.76. The topological polar surface area (TPSA) is 58.2 Å². The van der Waals surface area contributed by atoms with Crippen molar-refractivity contribution in [3.8, 4) is 0 Å². The van der Waals surface area contributed by atoms with Crippen LogP contribution in [-0.2, 0) is 10.0 Å². The lowest BCUT2D eigenvalue weighted by Crippen LogP contribution is -2.35. The molecule has 0 radical (unpaired) electrons. The number of hydrogen-bond acceptors (Lipinski definition) is 3. The molecule has 1 rings (SSSR count). The second-order valence-corrected chi connectivity index (χ2v) is 6.38. The van der Waals surface area contributed by atoms with Gasteiger partial charge in [-0.25, -0.2) is 17.2 Å². The lowest BCUT2D eigenvalue weighted by atomic mass is 10.3. The smallest absolute Gasteiger partial charge is 0.236 e. The Bertz CT molecular complexity index is 520. The summed E-state index contributed by atoms with van der Waals surface area (Å²) in [5, 5.41) is 2.26. The van der Waals surface area contributed by atoms with Crippen LogP contribution in [0.1, 0.15) is 20.3 Å². The van der Waals surface area contributed by atoms with E-state index in [2.05, 4.69) is 10.0 Å². The van der Waals surface area contributed by atoms with Crippen molar-refractivity contribution in [1.82, 2.24) is 5.32 Å². The molecule has 0 heterocycles. The van der Waals surface area contributed by atoms with Gasteiger partial charge in [0.05, 0.1) is 10.9 Å². The van der Waals surface area contributed by atoms with Gasteiger partial charge in [-0.1, -0.05) is 6.92 Å².